The van der Waals surface area contributed by atoms with Crippen LogP contribution in [-0.2, 0) is 0 Å². The van der Waals surface area contributed by atoms with Gasteiger partial charge in [-0.3, -0.25) is 0 Å². The molecule has 1 heterocycles. The van der Waals surface area contributed by atoms with E-state index >= 15 is 0 Å². The molecule has 0 fully saturated rings. The predicted octanol–water partition coefficient (Wildman–Crippen LogP) is 3.70. The number of nitrogens with zero attached hydrogens (tertiary/aromatic N) is 2. The van der Waals surface area contributed by atoms with E-state index in [1.807, 2.05) is 0 Å². The number of halogens is 3. The van der Waals surface area contributed by atoms with Gasteiger partial charge in [-0.15, -0.1) is 0 Å². The van der Waals surface area contributed by atoms with Gasteiger partial charge in [-0.25, -0.2) is 14.4 Å². The zero-order chi connectivity index (χ0) is 10.8. The van der Waals surface area contributed by atoms with Crippen molar-refractivity contribution in [3.05, 3.63) is 46.0 Å². The summed E-state index contributed by atoms with van der Waals surface area (Å²) in [5.74, 6) is -0.395. The zero-order valence-corrected chi connectivity index (χ0v) is 9.76. The smallest absolute Gasteiger partial charge is 0.197 e. The molecule has 0 aliphatic heterocycles. The van der Waals surface area contributed by atoms with Gasteiger partial charge in [0.2, 0.25) is 0 Å². The first-order chi connectivity index (χ1) is 7.16. The first kappa shape index (κ1) is 10.5. The van der Waals surface area contributed by atoms with E-state index in [0.29, 0.717) is 21.0 Å². The monoisotopic (exact) mass is 286 g/mol. The fraction of sp³-hybridized carbons (Fsp3) is 0. The number of rotatable bonds is 1. The van der Waals surface area contributed by atoms with Crippen LogP contribution in [0, 0.1) is 5.82 Å². The maximum Gasteiger partial charge on any atom is 0.197 e. The van der Waals surface area contributed by atoms with Gasteiger partial charge in [0.1, 0.15) is 5.82 Å². The second kappa shape index (κ2) is 4.24. The maximum absolute atomic E-state index is 13.5. The highest BCUT2D eigenvalue weighted by molar-refractivity contribution is 9.10. The molecular formula is C10H5BrClFN2. The molecule has 0 N–H and O–H groups in total. The fourth-order valence-corrected chi connectivity index (χ4v) is 1.65. The molecule has 2 rings (SSSR count). The Morgan fingerprint density at radius 2 is 2.07 bits per heavy atom. The number of hydrogen-bond donors (Lipinski definition) is 0. The van der Waals surface area contributed by atoms with E-state index in [1.165, 1.54) is 6.07 Å². The highest BCUT2D eigenvalue weighted by Crippen LogP contribution is 2.24. The van der Waals surface area contributed by atoms with Crippen LogP contribution in [0.25, 0.3) is 11.3 Å². The molecular weight excluding hydrogens is 282 g/mol. The summed E-state index contributed by atoms with van der Waals surface area (Å²) in [6.07, 6.45) is 1.56. The van der Waals surface area contributed by atoms with E-state index in [1.54, 1.807) is 24.4 Å². The third-order valence-electron chi connectivity index (χ3n) is 1.83. The van der Waals surface area contributed by atoms with Gasteiger partial charge in [-0.2, -0.15) is 0 Å². The lowest BCUT2D eigenvalue weighted by atomic mass is 10.1. The molecule has 0 saturated carbocycles. The van der Waals surface area contributed by atoms with Gasteiger partial charge in [0.05, 0.1) is 5.69 Å². The molecule has 0 spiro atoms. The topological polar surface area (TPSA) is 25.8 Å². The van der Waals surface area contributed by atoms with Crippen molar-refractivity contribution in [3.8, 4) is 11.3 Å². The van der Waals surface area contributed by atoms with Crippen LogP contribution in [0.15, 0.2) is 35.2 Å². The Morgan fingerprint density at radius 3 is 2.73 bits per heavy atom. The van der Waals surface area contributed by atoms with Crippen molar-refractivity contribution in [3.63, 3.8) is 0 Å². The standard InChI is InChI=1S/C10H5BrClFN2/c11-10-14-4-3-9(15-10)7-2-1-6(12)5-8(7)13/h1-5H. The third-order valence-corrected chi connectivity index (χ3v) is 2.45. The predicted molar refractivity (Wildman–Crippen MR) is 60.1 cm³/mol. The molecule has 15 heavy (non-hydrogen) atoms. The molecule has 1 aromatic heterocycles. The van der Waals surface area contributed by atoms with Crippen LogP contribution in [0.1, 0.15) is 0 Å². The average molecular weight is 288 g/mol. The van der Waals surface area contributed by atoms with Crippen LogP contribution in [0.4, 0.5) is 4.39 Å². The lowest BCUT2D eigenvalue weighted by Gasteiger charge is -2.02. The third kappa shape index (κ3) is 2.33. The van der Waals surface area contributed by atoms with Crippen molar-refractivity contribution in [2.45, 2.75) is 0 Å². The Hall–Kier alpha value is -1.00. The van der Waals surface area contributed by atoms with Gasteiger partial charge in [0.15, 0.2) is 4.73 Å². The van der Waals surface area contributed by atoms with E-state index in [4.69, 9.17) is 11.6 Å². The molecule has 0 atom stereocenters. The van der Waals surface area contributed by atoms with Gasteiger partial charge in [-0.1, -0.05) is 11.6 Å². The van der Waals surface area contributed by atoms with Gasteiger partial charge in [-0.05, 0) is 40.2 Å². The molecule has 0 bridgehead atoms. The van der Waals surface area contributed by atoms with Crippen molar-refractivity contribution in [2.75, 3.05) is 0 Å². The van der Waals surface area contributed by atoms with E-state index in [2.05, 4.69) is 25.9 Å². The number of hydrogen-bond acceptors (Lipinski definition) is 2. The van der Waals surface area contributed by atoms with Crippen LogP contribution >= 0.6 is 27.5 Å². The van der Waals surface area contributed by atoms with E-state index in [0.717, 1.165) is 0 Å². The minimum Gasteiger partial charge on any atom is -0.231 e. The van der Waals surface area contributed by atoms with Gasteiger partial charge in [0, 0.05) is 16.8 Å². The van der Waals surface area contributed by atoms with Crippen molar-refractivity contribution in [1.82, 2.24) is 9.97 Å². The minimum absolute atomic E-state index is 0.365. The van der Waals surface area contributed by atoms with Gasteiger partial charge in [0.25, 0.3) is 0 Å². The molecule has 5 heteroatoms. The Morgan fingerprint density at radius 1 is 1.27 bits per heavy atom. The summed E-state index contributed by atoms with van der Waals surface area (Å²) in [5.41, 5.74) is 0.925. The molecule has 1 aromatic carbocycles. The fourth-order valence-electron chi connectivity index (χ4n) is 1.18. The summed E-state index contributed by atoms with van der Waals surface area (Å²) in [4.78, 5) is 7.93. The van der Waals surface area contributed by atoms with Crippen LogP contribution in [0.5, 0.6) is 0 Å². The van der Waals surface area contributed by atoms with Crippen LogP contribution in [0.3, 0.4) is 0 Å². The van der Waals surface area contributed by atoms with Crippen LogP contribution < -0.4 is 0 Å². The van der Waals surface area contributed by atoms with Crippen LogP contribution in [0.2, 0.25) is 5.02 Å². The zero-order valence-electron chi connectivity index (χ0n) is 7.42. The quantitative estimate of drug-likeness (QED) is 0.747. The van der Waals surface area contributed by atoms with Gasteiger partial charge < -0.3 is 0 Å². The summed E-state index contributed by atoms with van der Waals surface area (Å²) in [5, 5.41) is 0.365. The number of benzene rings is 1. The summed E-state index contributed by atoms with van der Waals surface area (Å²) >= 11 is 8.78. The molecule has 0 unspecified atom stereocenters. The molecule has 0 aliphatic carbocycles. The second-order valence-electron chi connectivity index (χ2n) is 2.84. The van der Waals surface area contributed by atoms with Crippen molar-refractivity contribution in [2.24, 2.45) is 0 Å². The minimum atomic E-state index is -0.395. The average Bonchev–Trinajstić information content (AvgIpc) is 2.17. The molecule has 0 radical (unpaired) electrons. The Balaban J connectivity index is 2.54. The van der Waals surface area contributed by atoms with E-state index in [9.17, 15) is 4.39 Å². The SMILES string of the molecule is Fc1cc(Cl)ccc1-c1ccnc(Br)n1. The lowest BCUT2D eigenvalue weighted by molar-refractivity contribution is 0.630. The maximum atomic E-state index is 13.5. The highest BCUT2D eigenvalue weighted by Gasteiger charge is 2.07. The van der Waals surface area contributed by atoms with Crippen molar-refractivity contribution in [1.29, 1.82) is 0 Å². The first-order valence-corrected chi connectivity index (χ1v) is 5.28. The largest absolute Gasteiger partial charge is 0.231 e. The highest BCUT2D eigenvalue weighted by atomic mass is 79.9. The molecule has 2 nitrogen and oxygen atoms in total. The van der Waals surface area contributed by atoms with E-state index in [-0.39, 0.29) is 0 Å². The summed E-state index contributed by atoms with van der Waals surface area (Å²) in [6.45, 7) is 0. The molecule has 0 amide bonds. The molecule has 0 saturated heterocycles. The summed E-state index contributed by atoms with van der Waals surface area (Å²) in [6, 6.07) is 6.10. The van der Waals surface area contributed by atoms with Crippen LogP contribution in [-0.4, -0.2) is 9.97 Å². The molecule has 76 valence electrons. The molecule has 2 aromatic rings. The number of aromatic nitrogens is 2. The lowest BCUT2D eigenvalue weighted by Crippen LogP contribution is -1.89. The Kier molecular flexibility index (Phi) is 2.98. The normalized spacial score (nSPS) is 10.3. The Bertz CT molecular complexity index is 505. The molecule has 0 aliphatic rings. The van der Waals surface area contributed by atoms with Crippen molar-refractivity contribution >= 4 is 27.5 Å². The van der Waals surface area contributed by atoms with E-state index < -0.39 is 5.82 Å². The van der Waals surface area contributed by atoms with Gasteiger partial charge >= 0.3 is 0 Å². The summed E-state index contributed by atoms with van der Waals surface area (Å²) in [7, 11) is 0. The Labute approximate surface area is 99.3 Å². The summed E-state index contributed by atoms with van der Waals surface area (Å²) < 4.78 is 13.9. The first-order valence-electron chi connectivity index (χ1n) is 4.11. The van der Waals surface area contributed by atoms with Crippen molar-refractivity contribution < 1.29 is 4.39 Å². The second-order valence-corrected chi connectivity index (χ2v) is 3.98.